The number of ether oxygens (including phenoxy) is 3. The summed E-state index contributed by atoms with van der Waals surface area (Å²) in [5, 5.41) is 45.1. The number of benzene rings is 3. The first kappa shape index (κ1) is 76.6. The van der Waals surface area contributed by atoms with Crippen LogP contribution in [0.5, 0.6) is 0 Å². The quantitative estimate of drug-likeness (QED) is 0.0236. The number of methoxy groups -OCH3 is 1. The lowest BCUT2D eigenvalue weighted by molar-refractivity contribution is -0.139. The minimum absolute atomic E-state index is 0.0521. The van der Waals surface area contributed by atoms with Crippen molar-refractivity contribution in [2.24, 2.45) is 15.0 Å². The third kappa shape index (κ3) is 18.3. The molecule has 0 unspecified atom stereocenters. The van der Waals surface area contributed by atoms with Crippen LogP contribution in [0.15, 0.2) is 147 Å². The van der Waals surface area contributed by atoms with Gasteiger partial charge in [-0.15, -0.1) is 34.0 Å². The predicted molar refractivity (Wildman–Crippen MR) is 366 cm³/mol. The monoisotopic (exact) mass is 1620 g/mol. The number of carbonyl (C=O) groups is 3. The number of nitrogens with one attached hydrogen (secondary N) is 3. The van der Waals surface area contributed by atoms with E-state index in [1.165, 1.54) is 104 Å². The van der Waals surface area contributed by atoms with Crippen molar-refractivity contribution in [3.8, 4) is 0 Å². The van der Waals surface area contributed by atoms with Crippen LogP contribution in [0.1, 0.15) is 82.9 Å². The van der Waals surface area contributed by atoms with Crippen LogP contribution in [0.2, 0.25) is 5.02 Å². The Labute approximate surface area is 605 Å². The molecule has 3 aromatic heterocycles. The van der Waals surface area contributed by atoms with Crippen molar-refractivity contribution >= 4 is 113 Å². The lowest BCUT2D eigenvalue weighted by atomic mass is 9.95. The van der Waals surface area contributed by atoms with Crippen LogP contribution in [0.25, 0.3) is 0 Å². The number of rotatable bonds is 20. The Morgan fingerprint density at radius 2 is 0.851 bits per heavy atom. The van der Waals surface area contributed by atoms with Gasteiger partial charge in [-0.2, -0.15) is 0 Å². The Kier molecular flexibility index (Phi) is 25.2. The Balaban J connectivity index is 0.000000163. The molecule has 21 nitrogen and oxygen atoms in total. The number of hydrogen-bond donors (Lipinski definition) is 6. The molecule has 3 saturated heterocycles. The van der Waals surface area contributed by atoms with Crippen LogP contribution in [0.4, 0.5) is 39.5 Å². The van der Waals surface area contributed by atoms with E-state index >= 15 is 0 Å². The van der Waals surface area contributed by atoms with Crippen molar-refractivity contribution in [3.05, 3.63) is 186 Å². The molecule has 0 saturated carbocycles. The third-order valence-electron chi connectivity index (χ3n) is 16.6. The van der Waals surface area contributed by atoms with E-state index in [1.807, 2.05) is 0 Å². The molecule has 6 aliphatic rings. The number of alkyl halides is 6. The summed E-state index contributed by atoms with van der Waals surface area (Å²) in [6.07, 6.45) is 3.31. The molecule has 540 valence electrons. The fourth-order valence-corrected chi connectivity index (χ4v) is 15.4. The van der Waals surface area contributed by atoms with Crippen LogP contribution in [-0.4, -0.2) is 196 Å². The molecule has 0 amide bonds. The number of aliphatic hydroxyl groups excluding tert-OH is 3. The molecular formula is C65H64Br2ClF9N12O9S3. The first-order valence-electron chi connectivity index (χ1n) is 31.1. The van der Waals surface area contributed by atoms with Crippen LogP contribution in [0.3, 0.4) is 0 Å². The van der Waals surface area contributed by atoms with E-state index in [-0.39, 0.29) is 60.3 Å². The van der Waals surface area contributed by atoms with Gasteiger partial charge in [0.1, 0.15) is 35.6 Å². The molecule has 101 heavy (non-hydrogen) atoms. The zero-order chi connectivity index (χ0) is 72.7. The smallest absolute Gasteiger partial charge is 0.338 e. The number of amidine groups is 3. The Bertz CT molecular complexity index is 4020. The van der Waals surface area contributed by atoms with E-state index in [9.17, 15) is 69.2 Å². The fraction of sp³-hybridized carbons (Fsp3) is 0.400. The van der Waals surface area contributed by atoms with Gasteiger partial charge < -0.3 is 45.5 Å². The van der Waals surface area contributed by atoms with E-state index in [4.69, 9.17) is 25.8 Å². The van der Waals surface area contributed by atoms with Gasteiger partial charge in [-0.1, -0.05) is 61.7 Å². The van der Waals surface area contributed by atoms with Gasteiger partial charge >= 0.3 is 17.9 Å². The summed E-state index contributed by atoms with van der Waals surface area (Å²) < 4.78 is 142. The number of esters is 3. The molecule has 6 aromatic rings. The molecule has 6 N–H and O–H groups in total. The highest BCUT2D eigenvalue weighted by molar-refractivity contribution is 9.10. The van der Waals surface area contributed by atoms with Gasteiger partial charge in [0.05, 0.1) is 76.5 Å². The maximum Gasteiger partial charge on any atom is 0.338 e. The summed E-state index contributed by atoms with van der Waals surface area (Å²) in [6, 6.07) is 6.65. The molecule has 3 fully saturated rings. The molecule has 0 aliphatic carbocycles. The van der Waals surface area contributed by atoms with E-state index < -0.39 is 148 Å². The van der Waals surface area contributed by atoms with Gasteiger partial charge in [0.25, 0.3) is 17.8 Å². The minimum atomic E-state index is -2.97. The van der Waals surface area contributed by atoms with Gasteiger partial charge in [-0.3, -0.25) is 29.7 Å². The predicted octanol–water partition coefficient (Wildman–Crippen LogP) is 10.5. The Morgan fingerprint density at radius 1 is 0.535 bits per heavy atom. The fourth-order valence-electron chi connectivity index (χ4n) is 12.2. The van der Waals surface area contributed by atoms with Gasteiger partial charge in [0, 0.05) is 128 Å². The van der Waals surface area contributed by atoms with Crippen molar-refractivity contribution in [1.29, 1.82) is 0 Å². The number of halogens is 12. The van der Waals surface area contributed by atoms with E-state index in [0.29, 0.717) is 69.6 Å². The van der Waals surface area contributed by atoms with E-state index in [2.05, 4.69) is 77.7 Å². The van der Waals surface area contributed by atoms with Crippen LogP contribution in [-0.2, 0) is 28.6 Å². The number of carbonyl (C=O) groups excluding carboxylic acids is 3. The highest BCUT2D eigenvalue weighted by atomic mass is 79.9. The summed E-state index contributed by atoms with van der Waals surface area (Å²) in [4.78, 5) is 70.1. The van der Waals surface area contributed by atoms with E-state index in [0.717, 1.165) is 6.07 Å². The average Bonchev–Trinajstić information content (AvgIpc) is 1.74. The van der Waals surface area contributed by atoms with Crippen molar-refractivity contribution in [2.45, 2.75) is 87.1 Å². The molecule has 0 bridgehead atoms. The summed E-state index contributed by atoms with van der Waals surface area (Å²) in [5.74, 6) is -11.5. The zero-order valence-electron chi connectivity index (χ0n) is 53.6. The molecule has 0 spiro atoms. The van der Waals surface area contributed by atoms with Crippen molar-refractivity contribution in [3.63, 3.8) is 0 Å². The number of aliphatic imine (C=N–C) groups is 3. The third-order valence-corrected chi connectivity index (χ3v) is 20.7. The maximum absolute atomic E-state index is 14.1. The summed E-state index contributed by atoms with van der Waals surface area (Å²) in [7, 11) is 1.21. The first-order valence-corrected chi connectivity index (χ1v) is 35.7. The highest BCUT2D eigenvalue weighted by Crippen LogP contribution is 2.43. The summed E-state index contributed by atoms with van der Waals surface area (Å²) in [6.45, 7) is 0.152. The van der Waals surface area contributed by atoms with Crippen LogP contribution >= 0.6 is 77.5 Å². The van der Waals surface area contributed by atoms with E-state index in [1.54, 1.807) is 48.6 Å². The number of aliphatic hydroxyl groups is 3. The maximum atomic E-state index is 14.1. The molecular weight excluding hydrogens is 1560 g/mol. The van der Waals surface area contributed by atoms with Crippen molar-refractivity contribution in [1.82, 2.24) is 45.6 Å². The Morgan fingerprint density at radius 3 is 1.14 bits per heavy atom. The largest absolute Gasteiger partial charge is 0.466 e. The molecule has 6 aliphatic heterocycles. The second-order valence-corrected chi connectivity index (χ2v) is 28.3. The molecule has 3 aromatic carbocycles. The van der Waals surface area contributed by atoms with Crippen molar-refractivity contribution < 1.29 is 83.4 Å². The minimum Gasteiger partial charge on any atom is -0.466 e. The SMILES string of the molecule is CCOC(=O)C1=C(CN2CC(F)(F)C[C@H]2CO)NC(c2nccs2)=N[C@H]1c1ccc(F)cc1Br.CCOC(=O)C1=C(CN2CC(F)(F)C[C@H]2CO)NC(c2nccs2)=N[C@H]1c1ccc(F)cc1Cl.COC(=O)C1=C(CN2CC(F)(F)C[C@H]2CO)NC(c2nccs2)=N[C@H]1c1ccc(F)cc1Br. The molecule has 0 radical (unpaired) electrons. The molecule has 9 heterocycles. The first-order chi connectivity index (χ1) is 48.2. The van der Waals surface area contributed by atoms with Crippen molar-refractivity contribution in [2.75, 3.05) is 79.4 Å². The standard InChI is InChI=1S/C22H22BrF3N4O3S.C22H22ClF3N4O3S.C21H20BrF3N4O3S/c2*1-2-33-21(32)17-16(9-30-11-22(25,26)8-13(30)10-31)28-19(20-27-5-6-34-20)29-18(17)14-4-3-12(24)7-15(14)23;1-32-20(31)16-15(8-29-10-21(24,25)7-12(29)9-30)27-18(19-26-4-5-33-19)28-17(16)13-3-2-11(23)6-14(13)22/h2*3-7,13,18,31H,2,8-11H2,1H3,(H,28,29);2-6,12,17,30H,7-10H2,1H3,(H,27,28)/t2*13-,18-;12-,17-/m000/s1. The van der Waals surface area contributed by atoms with Crippen LogP contribution in [0, 0.1) is 17.5 Å². The topological polar surface area (TPSA) is 261 Å². The molecule has 6 atom stereocenters. The van der Waals surface area contributed by atoms with Gasteiger partial charge in [0.15, 0.2) is 32.5 Å². The normalized spacial score (nSPS) is 22.6. The number of hydrogen-bond acceptors (Lipinski definition) is 24. The second-order valence-electron chi connectivity index (χ2n) is 23.5. The lowest BCUT2D eigenvalue weighted by Gasteiger charge is -2.31. The van der Waals surface area contributed by atoms with Gasteiger partial charge in [-0.05, 0) is 61.4 Å². The Hall–Kier alpha value is -7.03. The van der Waals surface area contributed by atoms with Gasteiger partial charge in [-0.25, -0.2) is 68.8 Å². The van der Waals surface area contributed by atoms with Gasteiger partial charge in [0.2, 0.25) is 0 Å². The number of aromatic nitrogens is 3. The summed E-state index contributed by atoms with van der Waals surface area (Å²) in [5.41, 5.74) is 2.56. The van der Waals surface area contributed by atoms with Crippen LogP contribution < -0.4 is 16.0 Å². The zero-order valence-corrected chi connectivity index (χ0v) is 60.0. The highest BCUT2D eigenvalue weighted by Gasteiger charge is 2.49. The lowest BCUT2D eigenvalue weighted by Crippen LogP contribution is -2.42. The second kappa shape index (κ2) is 33.2. The average molecular weight is 1620 g/mol. The summed E-state index contributed by atoms with van der Waals surface area (Å²) >= 11 is 16.9. The number of likely N-dealkylation sites (tertiary alicyclic amines) is 3. The number of nitrogens with zero attached hydrogens (tertiary/aromatic N) is 9. The number of thiazole rings is 3. The molecule has 36 heteroatoms. The molecule has 12 rings (SSSR count).